The lowest BCUT2D eigenvalue weighted by molar-refractivity contribution is -0.888. The van der Waals surface area contributed by atoms with Gasteiger partial charge in [0.2, 0.25) is 5.69 Å². The first kappa shape index (κ1) is 44.0. The smallest absolute Gasteiger partial charge is 0.205 e. The standard InChI is InChI=1S/C47H73N5S2/c1-47(2,31-11-14-35-50-33-12-9-17-45(50)29-23-41-19-25-43(26-20-41)48(3)4)32-39-53-54-40-38-52(7,8)37-16-15-36-51-34-13-10-18-46(51)30-24-42-21-27-44(28-22-42)49(5)6/h9,12,17,19-30,33,46H,10-11,13-16,18,31-32,34-40H2,1-8H3/q+2/b30-24+. The first-order valence-electron chi connectivity index (χ1n) is 20.6. The first-order chi connectivity index (χ1) is 25.9. The topological polar surface area (TPSA) is 13.6 Å². The Balaban J connectivity index is 1.06. The minimum Gasteiger partial charge on any atom is -0.378 e. The van der Waals surface area contributed by atoms with Crippen molar-refractivity contribution < 1.29 is 9.05 Å². The molecule has 0 amide bonds. The van der Waals surface area contributed by atoms with Crippen molar-refractivity contribution in [1.82, 2.24) is 4.90 Å². The van der Waals surface area contributed by atoms with E-state index < -0.39 is 0 Å². The molecule has 296 valence electrons. The van der Waals surface area contributed by atoms with Crippen molar-refractivity contribution >= 4 is 51.2 Å². The molecule has 1 fully saturated rings. The molecule has 1 aromatic heterocycles. The number of nitrogens with zero attached hydrogens (tertiary/aromatic N) is 5. The van der Waals surface area contributed by atoms with E-state index >= 15 is 0 Å². The first-order valence-corrected chi connectivity index (χ1v) is 23.1. The normalized spacial score (nSPS) is 15.7. The Morgan fingerprint density at radius 2 is 1.41 bits per heavy atom. The van der Waals surface area contributed by atoms with Crippen LogP contribution in [0.2, 0.25) is 0 Å². The number of hydrogen-bond donors (Lipinski definition) is 0. The van der Waals surface area contributed by atoms with Gasteiger partial charge in [-0.15, -0.1) is 0 Å². The van der Waals surface area contributed by atoms with Crippen molar-refractivity contribution in [3.63, 3.8) is 0 Å². The van der Waals surface area contributed by atoms with Crippen LogP contribution in [0.15, 0.2) is 79.0 Å². The number of aryl methyl sites for hydroxylation is 1. The number of aromatic nitrogens is 1. The van der Waals surface area contributed by atoms with E-state index in [4.69, 9.17) is 0 Å². The van der Waals surface area contributed by atoms with Gasteiger partial charge in [-0.05, 0) is 111 Å². The zero-order valence-electron chi connectivity index (χ0n) is 35.2. The highest BCUT2D eigenvalue weighted by molar-refractivity contribution is 8.76. The summed E-state index contributed by atoms with van der Waals surface area (Å²) in [5.74, 6) is 2.48. The molecule has 1 aliphatic heterocycles. The molecule has 1 saturated heterocycles. The van der Waals surface area contributed by atoms with E-state index in [1.165, 1.54) is 124 Å². The molecule has 5 nitrogen and oxygen atoms in total. The van der Waals surface area contributed by atoms with Crippen LogP contribution in [0.4, 0.5) is 11.4 Å². The number of likely N-dealkylation sites (tertiary alicyclic amines) is 1. The Hall–Kier alpha value is -2.71. The summed E-state index contributed by atoms with van der Waals surface area (Å²) in [4.78, 5) is 7.04. The lowest BCUT2D eigenvalue weighted by Crippen LogP contribution is -2.43. The fraction of sp³-hybridized carbons (Fsp3) is 0.553. The maximum absolute atomic E-state index is 2.74. The summed E-state index contributed by atoms with van der Waals surface area (Å²) in [6.07, 6.45) is 23.2. The molecule has 0 radical (unpaired) electrons. The van der Waals surface area contributed by atoms with E-state index in [0.717, 1.165) is 11.0 Å². The molecule has 0 saturated carbocycles. The maximum Gasteiger partial charge on any atom is 0.205 e. The van der Waals surface area contributed by atoms with E-state index in [1.54, 1.807) is 0 Å². The van der Waals surface area contributed by atoms with Crippen molar-refractivity contribution in [2.75, 3.05) is 89.8 Å². The molecule has 54 heavy (non-hydrogen) atoms. The average Bonchev–Trinajstić information content (AvgIpc) is 3.16. The fourth-order valence-corrected chi connectivity index (χ4v) is 9.85. The van der Waals surface area contributed by atoms with Gasteiger partial charge in [0.1, 0.15) is 6.54 Å². The van der Waals surface area contributed by atoms with Gasteiger partial charge >= 0.3 is 0 Å². The van der Waals surface area contributed by atoms with Crippen LogP contribution in [0.1, 0.15) is 88.5 Å². The molecule has 7 heteroatoms. The van der Waals surface area contributed by atoms with Crippen LogP contribution in [0.5, 0.6) is 0 Å². The lowest BCUT2D eigenvalue weighted by Gasteiger charge is -2.34. The maximum atomic E-state index is 2.74. The van der Waals surface area contributed by atoms with Gasteiger partial charge < -0.3 is 14.3 Å². The van der Waals surface area contributed by atoms with Gasteiger partial charge in [-0.1, -0.05) is 78.3 Å². The second kappa shape index (κ2) is 22.7. The van der Waals surface area contributed by atoms with Gasteiger partial charge in [0, 0.05) is 76.0 Å². The number of unbranched alkanes of at least 4 members (excludes halogenated alkanes) is 2. The minimum absolute atomic E-state index is 0.395. The summed E-state index contributed by atoms with van der Waals surface area (Å²) in [5.41, 5.74) is 6.68. The van der Waals surface area contributed by atoms with Crippen molar-refractivity contribution in [1.29, 1.82) is 0 Å². The van der Waals surface area contributed by atoms with E-state index in [9.17, 15) is 0 Å². The molecule has 0 spiro atoms. The van der Waals surface area contributed by atoms with Crippen LogP contribution in [-0.2, 0) is 6.54 Å². The highest BCUT2D eigenvalue weighted by Gasteiger charge is 2.21. The summed E-state index contributed by atoms with van der Waals surface area (Å²) < 4.78 is 3.53. The third-order valence-corrected chi connectivity index (χ3v) is 13.5. The molecule has 1 atom stereocenters. The molecule has 0 bridgehead atoms. The SMILES string of the molecule is CN(C)c1ccc(/C=C/c2cccc[n+]2CCCCC(C)(C)CCSSCC[N+](C)(C)CCCCN2CCCCC2/C=C/c2ccc(N(C)C)cc2)cc1. The molecule has 1 unspecified atom stereocenters. The summed E-state index contributed by atoms with van der Waals surface area (Å²) in [6, 6.07) is 24.8. The quantitative estimate of drug-likeness (QED) is 0.0411. The molecule has 2 aromatic carbocycles. The van der Waals surface area contributed by atoms with E-state index in [2.05, 4.69) is 194 Å². The highest BCUT2D eigenvalue weighted by atomic mass is 33.1. The van der Waals surface area contributed by atoms with Crippen LogP contribution in [-0.4, -0.2) is 95.4 Å². The molecular weight excluding hydrogens is 699 g/mol. The third kappa shape index (κ3) is 16.2. The summed E-state index contributed by atoms with van der Waals surface area (Å²) in [7, 11) is 17.4. The Morgan fingerprint density at radius 3 is 2.09 bits per heavy atom. The third-order valence-electron chi connectivity index (χ3n) is 11.1. The Bertz CT molecular complexity index is 1550. The highest BCUT2D eigenvalue weighted by Crippen LogP contribution is 2.32. The van der Waals surface area contributed by atoms with E-state index in [-0.39, 0.29) is 0 Å². The Labute approximate surface area is 338 Å². The van der Waals surface area contributed by atoms with Gasteiger partial charge in [0.25, 0.3) is 0 Å². The monoisotopic (exact) mass is 772 g/mol. The number of quaternary nitrogens is 1. The molecule has 0 aliphatic carbocycles. The lowest BCUT2D eigenvalue weighted by atomic mass is 9.84. The molecule has 0 N–H and O–H groups in total. The van der Waals surface area contributed by atoms with Gasteiger partial charge in [0.15, 0.2) is 6.20 Å². The Kier molecular flexibility index (Phi) is 18.5. The number of pyridine rings is 1. The van der Waals surface area contributed by atoms with Crippen LogP contribution < -0.4 is 14.4 Å². The van der Waals surface area contributed by atoms with Gasteiger partial charge in [0.05, 0.1) is 32.9 Å². The van der Waals surface area contributed by atoms with Crippen LogP contribution in [0, 0.1) is 5.41 Å². The van der Waals surface area contributed by atoms with Crippen molar-refractivity contribution in [2.45, 2.75) is 84.2 Å². The molecule has 2 heterocycles. The zero-order valence-corrected chi connectivity index (χ0v) is 36.8. The fourth-order valence-electron chi connectivity index (χ4n) is 7.23. The summed E-state index contributed by atoms with van der Waals surface area (Å²) >= 11 is 0. The van der Waals surface area contributed by atoms with Crippen molar-refractivity contribution in [2.24, 2.45) is 5.41 Å². The minimum atomic E-state index is 0.395. The molecule has 1 aliphatic rings. The number of piperidine rings is 1. The van der Waals surface area contributed by atoms with E-state index in [1.807, 2.05) is 0 Å². The number of anilines is 2. The summed E-state index contributed by atoms with van der Waals surface area (Å²) in [5, 5.41) is 0. The number of benzene rings is 2. The summed E-state index contributed by atoms with van der Waals surface area (Å²) in [6.45, 7) is 11.0. The van der Waals surface area contributed by atoms with Gasteiger partial charge in [-0.2, -0.15) is 4.57 Å². The van der Waals surface area contributed by atoms with Crippen molar-refractivity contribution in [3.05, 3.63) is 95.8 Å². The molecule has 4 rings (SSSR count). The number of hydrogen-bond acceptors (Lipinski definition) is 5. The zero-order chi connectivity index (χ0) is 38.8. The average molecular weight is 772 g/mol. The number of rotatable bonds is 23. The van der Waals surface area contributed by atoms with Gasteiger partial charge in [-0.25, -0.2) is 0 Å². The van der Waals surface area contributed by atoms with Crippen LogP contribution in [0.25, 0.3) is 18.2 Å². The Morgan fingerprint density at radius 1 is 0.741 bits per heavy atom. The van der Waals surface area contributed by atoms with Crippen LogP contribution in [0.3, 0.4) is 0 Å². The second-order valence-electron chi connectivity index (χ2n) is 17.2. The van der Waals surface area contributed by atoms with Crippen LogP contribution >= 0.6 is 21.6 Å². The van der Waals surface area contributed by atoms with Gasteiger partial charge in [-0.3, -0.25) is 4.90 Å². The van der Waals surface area contributed by atoms with E-state index in [0.29, 0.717) is 11.5 Å². The predicted octanol–water partition coefficient (Wildman–Crippen LogP) is 10.7. The predicted molar refractivity (Wildman–Crippen MR) is 244 cm³/mol. The van der Waals surface area contributed by atoms with Crippen molar-refractivity contribution in [3.8, 4) is 0 Å². The molecular formula is C47H73N5S2+2. The molecule has 3 aromatic rings. The largest absolute Gasteiger partial charge is 0.378 e. The second-order valence-corrected chi connectivity index (χ2v) is 19.9.